The van der Waals surface area contributed by atoms with Crippen LogP contribution < -0.4 is 15.4 Å². The number of aliphatic hydroxyl groups excluding tert-OH is 2. The summed E-state index contributed by atoms with van der Waals surface area (Å²) in [4.78, 5) is 67.5. The number of hydrogen-bond donors (Lipinski definition) is 5. The fourth-order valence-electron chi connectivity index (χ4n) is 6.93. The van der Waals surface area contributed by atoms with E-state index in [0.29, 0.717) is 0 Å². The smallest absolute Gasteiger partial charge is 0.312 e. The van der Waals surface area contributed by atoms with Gasteiger partial charge in [-0.3, -0.25) is 24.0 Å². The molecule has 0 saturated heterocycles. The van der Waals surface area contributed by atoms with Crippen molar-refractivity contribution in [2.24, 2.45) is 23.7 Å². The fraction of sp³-hybridized carbons (Fsp3) is 0.500. The summed E-state index contributed by atoms with van der Waals surface area (Å²) in [5, 5.41) is 39.0. The average molecular weight is 725 g/mol. The molecular weight excluding hydrogens is 676 g/mol. The maximum atomic E-state index is 14.1. The van der Waals surface area contributed by atoms with Crippen LogP contribution in [0, 0.1) is 30.6 Å². The zero-order valence-electron chi connectivity index (χ0n) is 31.0. The zero-order chi connectivity index (χ0) is 39.0. The molecule has 1 amide bonds. The number of phenolic OH excluding ortho intramolecular Hbond substituents is 1. The highest BCUT2D eigenvalue weighted by molar-refractivity contribution is 6.32. The third kappa shape index (κ3) is 7.14. The van der Waals surface area contributed by atoms with E-state index in [9.17, 15) is 39.3 Å². The minimum absolute atomic E-state index is 0.00410. The Hall–Kier alpha value is -4.79. The number of aromatic hydroxyl groups is 1. The van der Waals surface area contributed by atoms with E-state index in [0.717, 1.165) is 6.26 Å². The van der Waals surface area contributed by atoms with Gasteiger partial charge in [0.15, 0.2) is 0 Å². The lowest BCUT2D eigenvalue weighted by Gasteiger charge is -2.38. The number of likely N-dealkylation sites (N-methyl/N-ethyl adjacent to an activating group) is 1. The Balaban J connectivity index is 1.88. The number of benzene rings is 1. The van der Waals surface area contributed by atoms with Crippen LogP contribution in [0.1, 0.15) is 85.1 Å². The second-order valence-corrected chi connectivity index (χ2v) is 13.8. The molecule has 0 spiro atoms. The first kappa shape index (κ1) is 40.0. The number of carbonyl (C=O) groups is 5. The summed E-state index contributed by atoms with van der Waals surface area (Å²) in [6, 6.07) is 0. The van der Waals surface area contributed by atoms with E-state index in [1.807, 2.05) is 0 Å². The van der Waals surface area contributed by atoms with Gasteiger partial charge in [0.05, 0.1) is 41.3 Å². The summed E-state index contributed by atoms with van der Waals surface area (Å²) in [6.07, 6.45) is 3.38. The van der Waals surface area contributed by atoms with Gasteiger partial charge in [-0.15, -0.1) is 0 Å². The number of aliphatic hydroxyl groups is 2. The normalized spacial score (nSPS) is 31.5. The molecule has 14 heteroatoms. The van der Waals surface area contributed by atoms with E-state index in [2.05, 4.69) is 10.6 Å². The lowest BCUT2D eigenvalue weighted by molar-refractivity contribution is -0.160. The van der Waals surface area contributed by atoms with E-state index in [1.54, 1.807) is 39.8 Å². The predicted octanol–water partition coefficient (Wildman–Crippen LogP) is 3.18. The van der Waals surface area contributed by atoms with Gasteiger partial charge in [0.1, 0.15) is 29.0 Å². The highest BCUT2D eigenvalue weighted by atomic mass is 16.7. The molecule has 9 atom stereocenters. The summed E-state index contributed by atoms with van der Waals surface area (Å²) in [5.74, 6) is -9.19. The molecule has 0 saturated carbocycles. The van der Waals surface area contributed by atoms with E-state index < -0.39 is 106 Å². The molecule has 5 N–H and O–H groups in total. The van der Waals surface area contributed by atoms with Crippen molar-refractivity contribution in [2.75, 3.05) is 14.2 Å². The molecule has 0 aromatic heterocycles. The van der Waals surface area contributed by atoms with Gasteiger partial charge in [-0.05, 0) is 19.9 Å². The summed E-state index contributed by atoms with van der Waals surface area (Å²) in [6.45, 7) is 12.3. The summed E-state index contributed by atoms with van der Waals surface area (Å²) in [5.41, 5.74) is -1.75. The number of carbonyl (C=O) groups excluding carboxylic acids is 5. The summed E-state index contributed by atoms with van der Waals surface area (Å²) >= 11 is 0. The molecule has 3 aliphatic heterocycles. The molecule has 1 aliphatic carbocycles. The van der Waals surface area contributed by atoms with Crippen LogP contribution >= 0.6 is 0 Å². The number of ether oxygens (including phenoxy) is 4. The first-order chi connectivity index (χ1) is 24.3. The Kier molecular flexibility index (Phi) is 11.9. The van der Waals surface area contributed by atoms with Crippen molar-refractivity contribution < 1.29 is 58.2 Å². The molecule has 1 aromatic carbocycles. The highest BCUT2D eigenvalue weighted by Gasteiger charge is 2.52. The van der Waals surface area contributed by atoms with Crippen molar-refractivity contribution in [1.29, 1.82) is 0 Å². The minimum Gasteiger partial charge on any atom is -0.507 e. The number of fused-ring (bicyclic) bond motifs is 14. The highest BCUT2D eigenvalue weighted by Crippen LogP contribution is 2.48. The topological polar surface area (TPSA) is 207 Å². The van der Waals surface area contributed by atoms with Gasteiger partial charge >= 0.3 is 11.8 Å². The van der Waals surface area contributed by atoms with Crippen LogP contribution in [0.4, 0.5) is 0 Å². The molecule has 4 aliphatic rings. The van der Waals surface area contributed by atoms with Gasteiger partial charge < -0.3 is 44.9 Å². The van der Waals surface area contributed by atoms with Crippen molar-refractivity contribution in [3.63, 3.8) is 0 Å². The third-order valence-corrected chi connectivity index (χ3v) is 10.2. The lowest BCUT2D eigenvalue weighted by atomic mass is 9.78. The first-order valence-electron chi connectivity index (χ1n) is 17.0. The Labute approximate surface area is 302 Å². The number of amides is 1. The maximum Gasteiger partial charge on any atom is 0.312 e. The van der Waals surface area contributed by atoms with Gasteiger partial charge in [-0.2, -0.15) is 0 Å². The Morgan fingerprint density at radius 2 is 1.60 bits per heavy atom. The largest absolute Gasteiger partial charge is 0.507 e. The molecule has 282 valence electrons. The van der Waals surface area contributed by atoms with Crippen molar-refractivity contribution in [3.8, 4) is 11.5 Å². The number of methoxy groups -OCH3 is 1. The molecule has 3 heterocycles. The van der Waals surface area contributed by atoms with E-state index in [-0.39, 0.29) is 28.1 Å². The number of allylic oxidation sites excluding steroid dienone is 4. The van der Waals surface area contributed by atoms with Crippen molar-refractivity contribution in [3.05, 3.63) is 69.8 Å². The number of hydrogen-bond acceptors (Lipinski definition) is 13. The molecule has 5 rings (SSSR count). The quantitative estimate of drug-likeness (QED) is 0.285. The van der Waals surface area contributed by atoms with Crippen LogP contribution in [-0.4, -0.2) is 88.9 Å². The number of ketones is 3. The third-order valence-electron chi connectivity index (χ3n) is 10.2. The standard InChI is InChI=1S/C38H48N2O12/c1-16-12-11-13-17(2)37(48)40-28-27(39-9)32(45)24-25(33(28)46)31(44)21(6)35-26(24)36(47)38(8,52-35)50-15-14-23(49-10)18(3)34(51-22(7)41)20(5)30(43)19(4)29(16)42/h11-16,18-20,23,29-30,34,39,42-44H,1-10H3,(H,40,48). The van der Waals surface area contributed by atoms with Gasteiger partial charge in [0.2, 0.25) is 11.6 Å². The van der Waals surface area contributed by atoms with E-state index in [1.165, 1.54) is 54.0 Å². The molecule has 1 aromatic rings. The average Bonchev–Trinajstić information content (AvgIpc) is 3.36. The lowest BCUT2D eigenvalue weighted by Crippen LogP contribution is -2.46. The first-order valence-corrected chi connectivity index (χ1v) is 17.0. The van der Waals surface area contributed by atoms with Crippen LogP contribution in [0.2, 0.25) is 0 Å². The minimum atomic E-state index is -2.06. The van der Waals surface area contributed by atoms with Crippen molar-refractivity contribution in [2.45, 2.75) is 85.6 Å². The maximum absolute atomic E-state index is 14.1. The molecular formula is C38H48N2O12. The van der Waals surface area contributed by atoms with Crippen LogP contribution in [0.25, 0.3) is 0 Å². The Bertz CT molecular complexity index is 1790. The number of phenols is 1. The van der Waals surface area contributed by atoms with Gasteiger partial charge in [0, 0.05) is 62.8 Å². The van der Waals surface area contributed by atoms with Crippen molar-refractivity contribution in [1.82, 2.24) is 10.6 Å². The van der Waals surface area contributed by atoms with Crippen LogP contribution in [-0.2, 0) is 23.8 Å². The van der Waals surface area contributed by atoms with E-state index >= 15 is 0 Å². The van der Waals surface area contributed by atoms with Gasteiger partial charge in [-0.25, -0.2) is 0 Å². The Morgan fingerprint density at radius 3 is 2.19 bits per heavy atom. The fourth-order valence-corrected chi connectivity index (χ4v) is 6.93. The SMILES string of the molecule is CNC1=C2NC(=O)C(C)=CC=CC(C)C(O)C(C)C(O)C(C)C(OC(C)=O)C(C)C(OC)C=COC3(C)Oc4c(C)c(O)c(c(c4C3=O)C1=O)C2=O. The molecule has 5 bridgehead atoms. The molecule has 9 unspecified atom stereocenters. The number of esters is 1. The second-order valence-electron chi connectivity index (χ2n) is 13.8. The predicted molar refractivity (Wildman–Crippen MR) is 187 cm³/mol. The summed E-state index contributed by atoms with van der Waals surface area (Å²) < 4.78 is 23.2. The van der Waals surface area contributed by atoms with E-state index in [4.69, 9.17) is 18.9 Å². The number of nitrogens with one attached hydrogen (secondary N) is 2. The molecule has 52 heavy (non-hydrogen) atoms. The van der Waals surface area contributed by atoms with Crippen LogP contribution in [0.5, 0.6) is 11.5 Å². The molecule has 14 nitrogen and oxygen atoms in total. The number of rotatable bonds is 3. The van der Waals surface area contributed by atoms with Crippen LogP contribution in [0.3, 0.4) is 0 Å². The molecule has 0 radical (unpaired) electrons. The Morgan fingerprint density at radius 1 is 0.942 bits per heavy atom. The molecule has 0 fully saturated rings. The monoisotopic (exact) mass is 724 g/mol. The van der Waals surface area contributed by atoms with Gasteiger partial charge in [0.25, 0.3) is 11.7 Å². The van der Waals surface area contributed by atoms with Gasteiger partial charge in [-0.1, -0.05) is 45.9 Å². The summed E-state index contributed by atoms with van der Waals surface area (Å²) in [7, 11) is 2.79. The van der Waals surface area contributed by atoms with Crippen molar-refractivity contribution >= 4 is 29.2 Å². The van der Waals surface area contributed by atoms with Crippen LogP contribution in [0.15, 0.2) is 47.5 Å². The zero-order valence-corrected chi connectivity index (χ0v) is 31.0. The second kappa shape index (κ2) is 15.4. The number of Topliss-reactive ketones (excluding diaryl/α,β-unsaturated/α-hetero) is 3.